The van der Waals surface area contributed by atoms with Crippen LogP contribution in [0.3, 0.4) is 0 Å². The third-order valence-electron chi connectivity index (χ3n) is 6.33. The number of hydrogen-bond donors (Lipinski definition) is 4. The van der Waals surface area contributed by atoms with Crippen molar-refractivity contribution in [2.24, 2.45) is 11.1 Å². The van der Waals surface area contributed by atoms with E-state index in [4.69, 9.17) is 10.5 Å². The van der Waals surface area contributed by atoms with Crippen LogP contribution in [0.1, 0.15) is 45.1 Å². The normalized spacial score (nSPS) is 19.7. The van der Waals surface area contributed by atoms with Gasteiger partial charge in [0.2, 0.25) is 15.9 Å². The summed E-state index contributed by atoms with van der Waals surface area (Å²) in [6, 6.07) is 6.60. The summed E-state index contributed by atoms with van der Waals surface area (Å²) in [7, 11) is -2.10. The first-order valence-electron chi connectivity index (χ1n) is 11.6. The Morgan fingerprint density at radius 2 is 1.94 bits per heavy atom. The van der Waals surface area contributed by atoms with Gasteiger partial charge in [0.05, 0.1) is 24.5 Å². The number of nitrogens with one attached hydrogen (secondary N) is 2. The molecule has 1 saturated carbocycles. The number of ether oxygens (including phenoxy) is 1. The molecule has 3 atom stereocenters. The van der Waals surface area contributed by atoms with Crippen molar-refractivity contribution in [1.29, 1.82) is 0 Å². The Morgan fingerprint density at radius 1 is 1.29 bits per heavy atom. The Balaban J connectivity index is 0.00000432. The number of benzene rings is 1. The number of halogens is 1. The number of methoxy groups -OCH3 is 1. The maximum Gasteiger partial charge on any atom is 0.407 e. The summed E-state index contributed by atoms with van der Waals surface area (Å²) in [5.41, 5.74) is 7.39. The summed E-state index contributed by atoms with van der Waals surface area (Å²) in [5, 5.41) is 12.8. The van der Waals surface area contributed by atoms with Gasteiger partial charge in [0.25, 0.3) is 0 Å². The van der Waals surface area contributed by atoms with Gasteiger partial charge >= 0.3 is 6.09 Å². The van der Waals surface area contributed by atoms with E-state index in [2.05, 4.69) is 10.0 Å². The van der Waals surface area contributed by atoms with Crippen LogP contribution in [0.2, 0.25) is 0 Å². The van der Waals surface area contributed by atoms with E-state index in [1.165, 1.54) is 7.11 Å². The largest absolute Gasteiger partial charge is 0.453 e. The molecule has 5 N–H and O–H groups in total. The number of nitrogens with two attached hydrogens (primary N) is 1. The number of anilines is 1. The molecule has 1 aliphatic heterocycles. The number of rotatable bonds is 10. The highest BCUT2D eigenvalue weighted by Gasteiger charge is 2.37. The van der Waals surface area contributed by atoms with Crippen LogP contribution in [0.5, 0.6) is 0 Å². The third-order valence-corrected chi connectivity index (χ3v) is 8.25. The number of nitrogens with zero attached hydrogens (tertiary/aromatic N) is 1. The SMILES string of the molecule is COC(=O)NC1Cc2ccccc2N(C(=O)CC(C)(C)C[C@H](N)[C@@H](O)CNS(=O)(=O)C2CC2)C1.Cl. The number of para-hydroxylation sites is 1. The van der Waals surface area contributed by atoms with Crippen LogP contribution in [-0.2, 0) is 26.0 Å². The first-order valence-corrected chi connectivity index (χ1v) is 13.1. The minimum atomic E-state index is -3.40. The van der Waals surface area contributed by atoms with E-state index in [1.54, 1.807) is 4.90 Å². The van der Waals surface area contributed by atoms with Crippen molar-refractivity contribution in [3.8, 4) is 0 Å². The predicted molar refractivity (Wildman–Crippen MR) is 136 cm³/mol. The van der Waals surface area contributed by atoms with Crippen molar-refractivity contribution in [2.75, 3.05) is 25.1 Å². The number of carbonyl (C=O) groups is 2. The molecular weight excluding hydrogens is 496 g/mol. The maximum absolute atomic E-state index is 13.4. The highest BCUT2D eigenvalue weighted by molar-refractivity contribution is 7.90. The van der Waals surface area contributed by atoms with Crippen LogP contribution in [0.4, 0.5) is 10.5 Å². The van der Waals surface area contributed by atoms with Crippen molar-refractivity contribution in [2.45, 2.75) is 69.4 Å². The fourth-order valence-corrected chi connectivity index (χ4v) is 5.75. The Morgan fingerprint density at radius 3 is 2.57 bits per heavy atom. The van der Waals surface area contributed by atoms with Crippen molar-refractivity contribution in [1.82, 2.24) is 10.0 Å². The second-order valence-electron chi connectivity index (χ2n) is 10.0. The van der Waals surface area contributed by atoms with E-state index in [9.17, 15) is 23.1 Å². The molecule has 1 aromatic carbocycles. The van der Waals surface area contributed by atoms with Gasteiger partial charge < -0.3 is 25.8 Å². The van der Waals surface area contributed by atoms with Gasteiger partial charge in [-0.3, -0.25) is 4.79 Å². The van der Waals surface area contributed by atoms with Crippen molar-refractivity contribution < 1.29 is 27.9 Å². The fourth-order valence-electron chi connectivity index (χ4n) is 4.35. The van der Waals surface area contributed by atoms with E-state index in [0.717, 1.165) is 11.3 Å². The fraction of sp³-hybridized carbons (Fsp3) is 0.652. The quantitative estimate of drug-likeness (QED) is 0.354. The molecule has 0 radical (unpaired) electrons. The maximum atomic E-state index is 13.4. The topological polar surface area (TPSA) is 151 Å². The van der Waals surface area contributed by atoms with Gasteiger partial charge in [-0.15, -0.1) is 12.4 Å². The molecule has 198 valence electrons. The number of aliphatic hydroxyl groups excluding tert-OH is 1. The monoisotopic (exact) mass is 532 g/mol. The molecule has 2 amide bonds. The van der Waals surface area contributed by atoms with Crippen LogP contribution in [-0.4, -0.2) is 69.2 Å². The van der Waals surface area contributed by atoms with Crippen molar-refractivity contribution in [3.05, 3.63) is 29.8 Å². The first kappa shape index (κ1) is 29.3. The molecule has 3 rings (SSSR count). The zero-order chi connectivity index (χ0) is 25.1. The van der Waals surface area contributed by atoms with Gasteiger partial charge in [-0.25, -0.2) is 17.9 Å². The molecule has 0 saturated heterocycles. The molecule has 1 heterocycles. The second-order valence-corrected chi connectivity index (χ2v) is 12.1. The molecule has 10 nitrogen and oxygen atoms in total. The molecule has 1 fully saturated rings. The lowest BCUT2D eigenvalue weighted by molar-refractivity contribution is -0.120. The summed E-state index contributed by atoms with van der Waals surface area (Å²) in [4.78, 5) is 26.7. The summed E-state index contributed by atoms with van der Waals surface area (Å²) >= 11 is 0. The van der Waals surface area contributed by atoms with Crippen LogP contribution in [0.25, 0.3) is 0 Å². The van der Waals surface area contributed by atoms with Crippen molar-refractivity contribution >= 4 is 40.1 Å². The number of amides is 2. The van der Waals surface area contributed by atoms with Gasteiger partial charge in [-0.2, -0.15) is 0 Å². The number of aliphatic hydroxyl groups is 1. The minimum Gasteiger partial charge on any atom is -0.453 e. The molecule has 0 spiro atoms. The van der Waals surface area contributed by atoms with Gasteiger partial charge in [0, 0.05) is 31.2 Å². The lowest BCUT2D eigenvalue weighted by Gasteiger charge is -2.37. The number of hydrogen-bond acceptors (Lipinski definition) is 7. The number of alkyl carbamates (subject to hydrolysis) is 1. The third kappa shape index (κ3) is 8.04. The second kappa shape index (κ2) is 11.9. The Labute approximate surface area is 213 Å². The predicted octanol–water partition coefficient (Wildman–Crippen LogP) is 1.30. The molecule has 12 heteroatoms. The Bertz CT molecular complexity index is 1000. The lowest BCUT2D eigenvalue weighted by atomic mass is 9.80. The lowest BCUT2D eigenvalue weighted by Crippen LogP contribution is -2.51. The van der Waals surface area contributed by atoms with Crippen LogP contribution in [0, 0.1) is 5.41 Å². The molecule has 0 bridgehead atoms. The number of fused-ring (bicyclic) bond motifs is 1. The van der Waals surface area contributed by atoms with Gasteiger partial charge in [-0.1, -0.05) is 32.0 Å². The number of carbonyl (C=O) groups excluding carboxylic acids is 2. The van der Waals surface area contributed by atoms with Gasteiger partial charge in [0.1, 0.15) is 0 Å². The smallest absolute Gasteiger partial charge is 0.407 e. The van der Waals surface area contributed by atoms with E-state index in [0.29, 0.717) is 32.2 Å². The molecule has 1 unspecified atom stereocenters. The van der Waals surface area contributed by atoms with E-state index >= 15 is 0 Å². The molecule has 2 aliphatic rings. The number of sulfonamides is 1. The molecule has 1 aromatic rings. The van der Waals surface area contributed by atoms with E-state index in [1.807, 2.05) is 38.1 Å². The summed E-state index contributed by atoms with van der Waals surface area (Å²) in [6.07, 6.45) is 0.753. The summed E-state index contributed by atoms with van der Waals surface area (Å²) < 4.78 is 31.1. The van der Waals surface area contributed by atoms with Crippen molar-refractivity contribution in [3.63, 3.8) is 0 Å². The summed E-state index contributed by atoms with van der Waals surface area (Å²) in [6.45, 7) is 3.96. The van der Waals surface area contributed by atoms with Gasteiger partial charge in [0.15, 0.2) is 0 Å². The molecule has 35 heavy (non-hydrogen) atoms. The van der Waals surface area contributed by atoms with Gasteiger partial charge in [-0.05, 0) is 42.7 Å². The standard InChI is InChI=1S/C23H36N4O6S.ClH/c1-23(2,11-18(24)20(28)13-25-34(31,32)17-8-9-17)12-21(29)27-14-16(26-22(30)33-3)10-15-6-4-5-7-19(15)27;/h4-7,16-18,20,25,28H,8-14,24H2,1-3H3,(H,26,30);1H/t16?,18-,20-;/m0./s1. The Hall–Kier alpha value is -1.92. The highest BCUT2D eigenvalue weighted by Crippen LogP contribution is 2.33. The molecule has 0 aromatic heterocycles. The zero-order valence-electron chi connectivity index (χ0n) is 20.4. The van der Waals surface area contributed by atoms with Crippen LogP contribution >= 0.6 is 12.4 Å². The minimum absolute atomic E-state index is 0. The highest BCUT2D eigenvalue weighted by atomic mass is 35.5. The zero-order valence-corrected chi connectivity index (χ0v) is 22.0. The Kier molecular flexibility index (Phi) is 9.95. The molecular formula is C23H37ClN4O6S. The molecule has 1 aliphatic carbocycles. The first-order chi connectivity index (χ1) is 15.9. The average Bonchev–Trinajstić information content (AvgIpc) is 3.62. The van der Waals surface area contributed by atoms with E-state index < -0.39 is 33.7 Å². The summed E-state index contributed by atoms with van der Waals surface area (Å²) in [5.74, 6) is -0.120. The average molecular weight is 533 g/mol. The van der Waals surface area contributed by atoms with Crippen LogP contribution in [0.15, 0.2) is 24.3 Å². The van der Waals surface area contributed by atoms with Crippen LogP contribution < -0.4 is 20.7 Å². The van der Waals surface area contributed by atoms with E-state index in [-0.39, 0.29) is 42.6 Å².